The lowest BCUT2D eigenvalue weighted by atomic mass is 10.1. The van der Waals surface area contributed by atoms with Crippen molar-refractivity contribution in [2.75, 3.05) is 34.0 Å². The van der Waals surface area contributed by atoms with E-state index in [1.54, 1.807) is 44.8 Å². The molecule has 5 rings (SSSR count). The van der Waals surface area contributed by atoms with Crippen LogP contribution in [0.3, 0.4) is 0 Å². The lowest BCUT2D eigenvalue weighted by molar-refractivity contribution is -0.385. The lowest BCUT2D eigenvalue weighted by Gasteiger charge is -2.19. The lowest BCUT2D eigenvalue weighted by Crippen LogP contribution is -2.30. The standard InChI is InChI=1S/C9H7N3O2.C9H9N3.C8H7NO3.C5H13NO2.H4N2/c13-12(14)8-3-1-7(2-4-8)9-5-6-10-11-9;10-8-3-1-7(2-4-8)9-5-6-11-12-9;1-6(10)7-2-4-8(5-3-7)9(11)12;1-6(2)5(7-3)8-4;1-2/h1-6H,(H,10,11);1-6H,10H2,(H,11,12);2-5H,1H3;5H,1-4H3;1-2H2. The predicted molar refractivity (Wildman–Crippen MR) is 182 cm³/mol. The average molecular weight is 665 g/mol. The molecule has 48 heavy (non-hydrogen) atoms. The van der Waals surface area contributed by atoms with Gasteiger partial charge in [-0.15, -0.1) is 0 Å². The van der Waals surface area contributed by atoms with Crippen molar-refractivity contribution >= 4 is 22.8 Å². The molecule has 0 spiro atoms. The first kappa shape index (κ1) is 40.2. The fourth-order valence-electron chi connectivity index (χ4n) is 3.59. The van der Waals surface area contributed by atoms with E-state index < -0.39 is 9.85 Å². The SMILES string of the molecule is CC(=O)c1ccc([N+](=O)[O-])cc1.COC(OC)N(C)C.NN.Nc1ccc(-c2ccn[nH]2)cc1.O=[N+]([O-])c1ccc(-c2ccn[nH]2)cc1. The highest BCUT2D eigenvalue weighted by Crippen LogP contribution is 2.20. The molecule has 0 fully saturated rings. The largest absolute Gasteiger partial charge is 0.399 e. The number of hydrogen-bond donors (Lipinski definition) is 5. The van der Waals surface area contributed by atoms with Crippen molar-refractivity contribution in [1.29, 1.82) is 0 Å². The van der Waals surface area contributed by atoms with Crippen molar-refractivity contribution in [3.05, 3.63) is 123 Å². The summed E-state index contributed by atoms with van der Waals surface area (Å²) in [5.41, 5.74) is 10.7. The van der Waals surface area contributed by atoms with Crippen LogP contribution in [0.4, 0.5) is 17.1 Å². The third-order valence-electron chi connectivity index (χ3n) is 5.92. The van der Waals surface area contributed by atoms with Gasteiger partial charge in [-0.3, -0.25) is 51.8 Å². The summed E-state index contributed by atoms with van der Waals surface area (Å²) in [6.45, 7) is 1.42. The first-order valence-corrected chi connectivity index (χ1v) is 13.9. The number of nitrogens with zero attached hydrogens (tertiary/aromatic N) is 5. The number of carbonyl (C=O) groups excluding carboxylic acids is 1. The van der Waals surface area contributed by atoms with Gasteiger partial charge in [-0.1, -0.05) is 12.1 Å². The zero-order valence-electron chi connectivity index (χ0n) is 27.1. The Kier molecular flexibility index (Phi) is 18.3. The van der Waals surface area contributed by atoms with Crippen LogP contribution in [0.5, 0.6) is 0 Å². The quantitative estimate of drug-likeness (QED) is 0.0385. The number of methoxy groups -OCH3 is 2. The number of nitrogen functional groups attached to an aromatic ring is 1. The molecule has 0 aliphatic carbocycles. The number of hydrazine groups is 1. The minimum Gasteiger partial charge on any atom is -0.399 e. The molecule has 0 saturated heterocycles. The topological polar surface area (TPSA) is 260 Å². The molecule has 17 nitrogen and oxygen atoms in total. The van der Waals surface area contributed by atoms with Crippen molar-refractivity contribution in [3.8, 4) is 22.5 Å². The Morgan fingerprint density at radius 2 is 1.10 bits per heavy atom. The maximum atomic E-state index is 10.8. The van der Waals surface area contributed by atoms with Crippen molar-refractivity contribution < 1.29 is 24.1 Å². The summed E-state index contributed by atoms with van der Waals surface area (Å²) in [5.74, 6) is 7.91. The molecule has 0 saturated carbocycles. The van der Waals surface area contributed by atoms with Crippen molar-refractivity contribution in [1.82, 2.24) is 25.3 Å². The van der Waals surface area contributed by atoms with Crippen LogP contribution in [0.15, 0.2) is 97.3 Å². The molecule has 0 amide bonds. The highest BCUT2D eigenvalue weighted by atomic mass is 16.7. The Balaban J connectivity index is 0.000000320. The average Bonchev–Trinajstić information content (AvgIpc) is 3.83. The summed E-state index contributed by atoms with van der Waals surface area (Å²) in [6.07, 6.45) is 3.15. The van der Waals surface area contributed by atoms with Gasteiger partial charge in [-0.25, -0.2) is 0 Å². The van der Waals surface area contributed by atoms with Gasteiger partial charge in [-0.05, 0) is 75.1 Å². The van der Waals surface area contributed by atoms with Gasteiger partial charge in [0.05, 0.1) is 21.2 Å². The zero-order valence-corrected chi connectivity index (χ0v) is 27.1. The molecule has 3 aromatic carbocycles. The highest BCUT2D eigenvalue weighted by molar-refractivity contribution is 5.94. The second kappa shape index (κ2) is 21.8. The van der Waals surface area contributed by atoms with Gasteiger partial charge in [0, 0.05) is 67.7 Å². The number of benzene rings is 3. The van der Waals surface area contributed by atoms with Crippen molar-refractivity contribution in [2.24, 2.45) is 11.7 Å². The van der Waals surface area contributed by atoms with Crippen molar-refractivity contribution in [2.45, 2.75) is 13.3 Å². The maximum absolute atomic E-state index is 10.8. The number of carbonyl (C=O) groups is 1. The normalized spacial score (nSPS) is 9.77. The van der Waals surface area contributed by atoms with E-state index in [4.69, 9.17) is 15.2 Å². The number of anilines is 1. The molecule has 0 atom stereocenters. The third-order valence-corrected chi connectivity index (χ3v) is 5.92. The molecule has 0 bridgehead atoms. The number of nitro groups is 2. The van der Waals surface area contributed by atoms with Crippen molar-refractivity contribution in [3.63, 3.8) is 0 Å². The Bertz CT molecular complexity index is 1580. The predicted octanol–water partition coefficient (Wildman–Crippen LogP) is 4.38. The number of rotatable bonds is 8. The van der Waals surface area contributed by atoms with Gasteiger partial charge < -0.3 is 15.2 Å². The molecule has 256 valence electrons. The summed E-state index contributed by atoms with van der Waals surface area (Å²) >= 11 is 0. The fourth-order valence-corrected chi connectivity index (χ4v) is 3.59. The number of nitro benzene ring substituents is 2. The number of H-pyrrole nitrogens is 2. The summed E-state index contributed by atoms with van der Waals surface area (Å²) in [6, 6.07) is 23.2. The number of nitrogens with one attached hydrogen (secondary N) is 2. The van der Waals surface area contributed by atoms with E-state index in [0.717, 1.165) is 28.2 Å². The summed E-state index contributed by atoms with van der Waals surface area (Å²) in [7, 11) is 6.98. The number of Topliss-reactive ketones (excluding diaryl/α,β-unsaturated/α-hetero) is 1. The number of non-ortho nitro benzene ring substituents is 2. The number of nitrogens with two attached hydrogens (primary N) is 3. The zero-order chi connectivity index (χ0) is 36.1. The first-order chi connectivity index (χ1) is 23.0. The van der Waals surface area contributed by atoms with E-state index in [1.165, 1.54) is 43.3 Å². The molecule has 8 N–H and O–H groups in total. The molecule has 0 unspecified atom stereocenters. The summed E-state index contributed by atoms with van der Waals surface area (Å²) in [5, 5.41) is 33.9. The van der Waals surface area contributed by atoms with E-state index in [1.807, 2.05) is 49.3 Å². The van der Waals surface area contributed by atoms with Crippen LogP contribution in [0, 0.1) is 20.2 Å². The second-order valence-corrected chi connectivity index (χ2v) is 9.47. The monoisotopic (exact) mass is 664 g/mol. The van der Waals surface area contributed by atoms with Gasteiger partial charge in [-0.2, -0.15) is 10.2 Å². The minimum atomic E-state index is -0.496. The first-order valence-electron chi connectivity index (χ1n) is 13.9. The van der Waals surface area contributed by atoms with E-state index in [0.29, 0.717) is 5.56 Å². The van der Waals surface area contributed by atoms with Crippen LogP contribution in [0.2, 0.25) is 0 Å². The number of ketones is 1. The molecule has 0 aliphatic heterocycles. The van der Waals surface area contributed by atoms with Crippen LogP contribution in [-0.2, 0) is 9.47 Å². The molecule has 5 aromatic rings. The van der Waals surface area contributed by atoms with Gasteiger partial charge >= 0.3 is 0 Å². The Hall–Kier alpha value is -5.85. The van der Waals surface area contributed by atoms with Crippen LogP contribution in [0.25, 0.3) is 22.5 Å². The Morgan fingerprint density at radius 1 is 0.729 bits per heavy atom. The fraction of sp³-hybridized carbons (Fsp3) is 0.194. The minimum absolute atomic E-state index is 0.000000000000000222. The van der Waals surface area contributed by atoms with Gasteiger partial charge in [0.1, 0.15) is 0 Å². The number of aromatic amines is 2. The smallest absolute Gasteiger partial charge is 0.269 e. The maximum Gasteiger partial charge on any atom is 0.269 e. The number of hydrogen-bond acceptors (Lipinski definition) is 13. The summed E-state index contributed by atoms with van der Waals surface area (Å²) in [4.78, 5) is 32.3. The molecule has 2 aromatic heterocycles. The van der Waals surface area contributed by atoms with Gasteiger partial charge in [0.2, 0.25) is 6.41 Å². The molecule has 0 aliphatic rings. The van der Waals surface area contributed by atoms with Gasteiger partial charge in [0.25, 0.3) is 11.4 Å². The second-order valence-electron chi connectivity index (χ2n) is 9.47. The van der Waals surface area contributed by atoms with Crippen LogP contribution in [-0.4, -0.2) is 75.7 Å². The van der Waals surface area contributed by atoms with Gasteiger partial charge in [0.15, 0.2) is 5.78 Å². The molecular weight excluding hydrogens is 624 g/mol. The summed E-state index contributed by atoms with van der Waals surface area (Å²) < 4.78 is 9.73. The Morgan fingerprint density at radius 3 is 1.38 bits per heavy atom. The number of aromatic nitrogens is 4. The van der Waals surface area contributed by atoms with E-state index in [2.05, 4.69) is 32.1 Å². The van der Waals surface area contributed by atoms with E-state index >= 15 is 0 Å². The van der Waals surface area contributed by atoms with E-state index in [-0.39, 0.29) is 23.6 Å². The van der Waals surface area contributed by atoms with Crippen LogP contribution < -0.4 is 17.4 Å². The van der Waals surface area contributed by atoms with Crippen LogP contribution >= 0.6 is 0 Å². The molecule has 0 radical (unpaired) electrons. The molecular formula is C31H40N10O7. The number of ether oxygens (including phenoxy) is 2. The highest BCUT2D eigenvalue weighted by Gasteiger charge is 2.07. The Labute approximate surface area is 276 Å². The third kappa shape index (κ3) is 14.1. The van der Waals surface area contributed by atoms with E-state index in [9.17, 15) is 25.0 Å². The van der Waals surface area contributed by atoms with Crippen LogP contribution in [0.1, 0.15) is 17.3 Å². The molecule has 2 heterocycles. The molecule has 17 heteroatoms.